The predicted octanol–water partition coefficient (Wildman–Crippen LogP) is 4.31. The predicted molar refractivity (Wildman–Crippen MR) is 98.1 cm³/mol. The summed E-state index contributed by atoms with van der Waals surface area (Å²) in [5, 5.41) is 1.45. The molecule has 124 valence electrons. The van der Waals surface area contributed by atoms with Gasteiger partial charge < -0.3 is 9.30 Å². The first-order valence-electron chi connectivity index (χ1n) is 7.55. The lowest BCUT2D eigenvalue weighted by atomic mass is 10.1. The molecule has 0 fully saturated rings. The van der Waals surface area contributed by atoms with Crippen molar-refractivity contribution in [3.63, 3.8) is 0 Å². The number of ether oxygens (including phenoxy) is 1. The number of hydrogen-bond donors (Lipinski definition) is 0. The number of fused-ring (bicyclic) bond motifs is 1. The van der Waals surface area contributed by atoms with E-state index >= 15 is 0 Å². The number of para-hydroxylation sites is 2. The lowest BCUT2D eigenvalue weighted by Crippen LogP contribution is -2.07. The molecule has 0 unspecified atom stereocenters. The van der Waals surface area contributed by atoms with Crippen molar-refractivity contribution < 1.29 is 9.53 Å². The molecule has 0 radical (unpaired) electrons. The van der Waals surface area contributed by atoms with Crippen LogP contribution in [0.4, 0.5) is 0 Å². The van der Waals surface area contributed by atoms with E-state index in [1.807, 2.05) is 24.3 Å². The van der Waals surface area contributed by atoms with Gasteiger partial charge in [0.1, 0.15) is 0 Å². The monoisotopic (exact) mass is 360 g/mol. The highest BCUT2D eigenvalue weighted by atomic mass is 35.5. The van der Waals surface area contributed by atoms with Crippen LogP contribution in [0.2, 0.25) is 5.02 Å². The van der Waals surface area contributed by atoms with Crippen molar-refractivity contribution in [1.82, 2.24) is 9.55 Å². The number of hydrogen-bond acceptors (Lipinski definition) is 4. The fourth-order valence-corrected chi connectivity index (χ4v) is 3.47. The third kappa shape index (κ3) is 3.80. The average molecular weight is 361 g/mol. The number of methoxy groups -OCH3 is 1. The molecule has 1 heterocycles. The minimum Gasteiger partial charge on any atom is -0.383 e. The molecular weight excluding hydrogens is 344 g/mol. The summed E-state index contributed by atoms with van der Waals surface area (Å²) in [7, 11) is 1.68. The molecule has 0 N–H and O–H groups in total. The quantitative estimate of drug-likeness (QED) is 0.465. The van der Waals surface area contributed by atoms with Crippen LogP contribution in [0, 0.1) is 0 Å². The molecule has 0 spiro atoms. The van der Waals surface area contributed by atoms with E-state index in [0.717, 1.165) is 16.2 Å². The maximum atomic E-state index is 12.3. The van der Waals surface area contributed by atoms with Crippen LogP contribution in [0.3, 0.4) is 0 Å². The van der Waals surface area contributed by atoms with Crippen molar-refractivity contribution in [2.24, 2.45) is 0 Å². The Labute approximate surface area is 149 Å². The number of Topliss-reactive ketones (excluding diaryl/α,β-unsaturated/α-hetero) is 1. The summed E-state index contributed by atoms with van der Waals surface area (Å²) in [6.45, 7) is 1.30. The largest absolute Gasteiger partial charge is 0.383 e. The van der Waals surface area contributed by atoms with Crippen molar-refractivity contribution in [3.8, 4) is 0 Å². The Morgan fingerprint density at radius 2 is 1.96 bits per heavy atom. The molecule has 6 heteroatoms. The van der Waals surface area contributed by atoms with Gasteiger partial charge >= 0.3 is 0 Å². The van der Waals surface area contributed by atoms with Gasteiger partial charge in [-0.3, -0.25) is 4.79 Å². The zero-order chi connectivity index (χ0) is 16.9. The summed E-state index contributed by atoms with van der Waals surface area (Å²) in [5.74, 6) is 0.389. The standard InChI is InChI=1S/C18H17ClN2O2S/c1-23-11-10-21-16-5-3-2-4-15(16)20-18(21)24-12-17(22)13-6-8-14(19)9-7-13/h2-9H,10-12H2,1H3. The molecule has 1 aromatic heterocycles. The fraction of sp³-hybridized carbons (Fsp3) is 0.222. The normalized spacial score (nSPS) is 11.1. The van der Waals surface area contributed by atoms with E-state index in [9.17, 15) is 4.79 Å². The summed E-state index contributed by atoms with van der Waals surface area (Å²) in [6, 6.07) is 14.9. The Hall–Kier alpha value is -1.82. The molecule has 3 aromatic rings. The molecule has 3 rings (SSSR count). The lowest BCUT2D eigenvalue weighted by molar-refractivity contribution is 0.102. The van der Waals surface area contributed by atoms with Gasteiger partial charge in [0.05, 0.1) is 23.4 Å². The molecule has 4 nitrogen and oxygen atoms in total. The zero-order valence-corrected chi connectivity index (χ0v) is 14.8. The highest BCUT2D eigenvalue weighted by molar-refractivity contribution is 7.99. The summed E-state index contributed by atoms with van der Waals surface area (Å²) in [4.78, 5) is 17.0. The van der Waals surface area contributed by atoms with Gasteiger partial charge in [0.2, 0.25) is 0 Å². The van der Waals surface area contributed by atoms with Crippen LogP contribution in [0.1, 0.15) is 10.4 Å². The highest BCUT2D eigenvalue weighted by Gasteiger charge is 2.13. The molecular formula is C18H17ClN2O2S. The summed E-state index contributed by atoms with van der Waals surface area (Å²) < 4.78 is 7.28. The molecule has 2 aromatic carbocycles. The van der Waals surface area contributed by atoms with Gasteiger partial charge in [-0.15, -0.1) is 0 Å². The van der Waals surface area contributed by atoms with E-state index in [1.54, 1.807) is 31.4 Å². The second kappa shape index (κ2) is 7.83. The lowest BCUT2D eigenvalue weighted by Gasteiger charge is -2.08. The number of imidazole rings is 1. The first kappa shape index (κ1) is 17.0. The Morgan fingerprint density at radius 1 is 1.21 bits per heavy atom. The Balaban J connectivity index is 1.78. The minimum atomic E-state index is 0.0574. The fourth-order valence-electron chi connectivity index (χ4n) is 2.41. The number of thioether (sulfide) groups is 1. The van der Waals surface area contributed by atoms with Crippen LogP contribution in [-0.4, -0.2) is 34.8 Å². The molecule has 0 aliphatic rings. The number of nitrogens with zero attached hydrogens (tertiary/aromatic N) is 2. The van der Waals surface area contributed by atoms with E-state index in [2.05, 4.69) is 9.55 Å². The van der Waals surface area contributed by atoms with Gasteiger partial charge in [-0.25, -0.2) is 4.98 Å². The number of aromatic nitrogens is 2. The number of rotatable bonds is 7. The third-order valence-electron chi connectivity index (χ3n) is 3.64. The van der Waals surface area contributed by atoms with E-state index in [4.69, 9.17) is 16.3 Å². The van der Waals surface area contributed by atoms with Crippen molar-refractivity contribution in [1.29, 1.82) is 0 Å². The van der Waals surface area contributed by atoms with Gasteiger partial charge in [-0.05, 0) is 36.4 Å². The highest BCUT2D eigenvalue weighted by Crippen LogP contribution is 2.25. The number of ketones is 1. The van der Waals surface area contributed by atoms with Crippen LogP contribution in [0.25, 0.3) is 11.0 Å². The third-order valence-corrected chi connectivity index (χ3v) is 4.87. The van der Waals surface area contributed by atoms with Gasteiger partial charge in [-0.2, -0.15) is 0 Å². The molecule has 0 aliphatic heterocycles. The van der Waals surface area contributed by atoms with Gasteiger partial charge in [0, 0.05) is 24.2 Å². The second-order valence-corrected chi connectivity index (χ2v) is 6.63. The van der Waals surface area contributed by atoms with Gasteiger partial charge in [-0.1, -0.05) is 35.5 Å². The van der Waals surface area contributed by atoms with Crippen LogP contribution >= 0.6 is 23.4 Å². The molecule has 24 heavy (non-hydrogen) atoms. The molecule has 0 amide bonds. The van der Waals surface area contributed by atoms with E-state index in [1.165, 1.54) is 11.8 Å². The maximum absolute atomic E-state index is 12.3. The minimum absolute atomic E-state index is 0.0574. The summed E-state index contributed by atoms with van der Waals surface area (Å²) >= 11 is 7.31. The zero-order valence-electron chi connectivity index (χ0n) is 13.2. The Morgan fingerprint density at radius 3 is 2.71 bits per heavy atom. The first-order valence-corrected chi connectivity index (χ1v) is 8.91. The van der Waals surface area contributed by atoms with Crippen molar-refractivity contribution in [3.05, 3.63) is 59.1 Å². The molecule has 0 aliphatic carbocycles. The Kier molecular flexibility index (Phi) is 5.56. The number of carbonyl (C=O) groups excluding carboxylic acids is 1. The van der Waals surface area contributed by atoms with Crippen molar-refractivity contribution in [2.75, 3.05) is 19.5 Å². The molecule has 0 saturated heterocycles. The van der Waals surface area contributed by atoms with E-state index in [-0.39, 0.29) is 5.78 Å². The molecule has 0 bridgehead atoms. The van der Waals surface area contributed by atoms with E-state index in [0.29, 0.717) is 29.5 Å². The smallest absolute Gasteiger partial charge is 0.173 e. The number of halogens is 1. The second-order valence-electron chi connectivity index (χ2n) is 5.25. The van der Waals surface area contributed by atoms with Crippen molar-refractivity contribution >= 4 is 40.2 Å². The SMILES string of the molecule is COCCn1c(SCC(=O)c2ccc(Cl)cc2)nc2ccccc21. The van der Waals surface area contributed by atoms with Gasteiger partial charge in [0.25, 0.3) is 0 Å². The topological polar surface area (TPSA) is 44.1 Å². The summed E-state index contributed by atoms with van der Waals surface area (Å²) in [6.07, 6.45) is 0. The van der Waals surface area contributed by atoms with Gasteiger partial charge in [0.15, 0.2) is 10.9 Å². The van der Waals surface area contributed by atoms with Crippen LogP contribution in [0.15, 0.2) is 53.7 Å². The molecule has 0 saturated carbocycles. The van der Waals surface area contributed by atoms with Crippen molar-refractivity contribution in [2.45, 2.75) is 11.7 Å². The first-order chi connectivity index (χ1) is 11.7. The number of benzene rings is 2. The number of carbonyl (C=O) groups is 1. The molecule has 0 atom stereocenters. The summed E-state index contributed by atoms with van der Waals surface area (Å²) in [5.41, 5.74) is 2.64. The van der Waals surface area contributed by atoms with Crippen LogP contribution < -0.4 is 0 Å². The Bertz CT molecular complexity index is 846. The van der Waals surface area contributed by atoms with Crippen LogP contribution in [0.5, 0.6) is 0 Å². The van der Waals surface area contributed by atoms with E-state index < -0.39 is 0 Å². The average Bonchev–Trinajstić information content (AvgIpc) is 2.96. The van der Waals surface area contributed by atoms with Crippen LogP contribution in [-0.2, 0) is 11.3 Å². The maximum Gasteiger partial charge on any atom is 0.173 e.